The number of aromatic nitrogens is 4. The van der Waals surface area contributed by atoms with Gasteiger partial charge in [0.2, 0.25) is 0 Å². The predicted octanol–water partition coefficient (Wildman–Crippen LogP) is 1.66. The van der Waals surface area contributed by atoms with Gasteiger partial charge >= 0.3 is 0 Å². The van der Waals surface area contributed by atoms with E-state index in [1.807, 2.05) is 6.92 Å². The maximum atomic E-state index is 13.7. The Morgan fingerprint density at radius 3 is 2.94 bits per heavy atom. The van der Waals surface area contributed by atoms with Gasteiger partial charge in [-0.1, -0.05) is 6.92 Å². The SMILES string of the molecule is CCCc1nnnn1-c1cc([N+](=O)[O-])ccc1F. The number of nitro groups is 1. The largest absolute Gasteiger partial charge is 0.271 e. The van der Waals surface area contributed by atoms with Crippen molar-refractivity contribution in [3.05, 3.63) is 40.0 Å². The standard InChI is InChI=1S/C10H10FN5O2/c1-2-3-10-12-13-14-15(10)9-6-7(16(17)18)4-5-8(9)11/h4-6H,2-3H2,1H3. The molecule has 0 aliphatic heterocycles. The van der Waals surface area contributed by atoms with E-state index in [2.05, 4.69) is 15.5 Å². The van der Waals surface area contributed by atoms with Crippen LogP contribution in [-0.4, -0.2) is 25.1 Å². The molecule has 8 heteroatoms. The zero-order valence-corrected chi connectivity index (χ0v) is 9.58. The lowest BCUT2D eigenvalue weighted by molar-refractivity contribution is -0.384. The first-order valence-corrected chi connectivity index (χ1v) is 5.35. The van der Waals surface area contributed by atoms with Crippen LogP contribution in [0.2, 0.25) is 0 Å². The third-order valence-corrected chi connectivity index (χ3v) is 2.38. The summed E-state index contributed by atoms with van der Waals surface area (Å²) in [5, 5.41) is 21.5. The van der Waals surface area contributed by atoms with Crippen LogP contribution in [-0.2, 0) is 6.42 Å². The van der Waals surface area contributed by atoms with Gasteiger partial charge in [-0.05, 0) is 22.9 Å². The highest BCUT2D eigenvalue weighted by Crippen LogP contribution is 2.20. The first-order valence-electron chi connectivity index (χ1n) is 5.35. The molecule has 1 aromatic carbocycles. The Morgan fingerprint density at radius 1 is 1.50 bits per heavy atom. The Morgan fingerprint density at radius 2 is 2.28 bits per heavy atom. The Hall–Kier alpha value is -2.38. The van der Waals surface area contributed by atoms with Crippen molar-refractivity contribution in [2.75, 3.05) is 0 Å². The van der Waals surface area contributed by atoms with E-state index in [0.717, 1.165) is 24.6 Å². The minimum absolute atomic E-state index is 0.0161. The number of rotatable bonds is 4. The zero-order valence-electron chi connectivity index (χ0n) is 9.58. The maximum Gasteiger partial charge on any atom is 0.271 e. The summed E-state index contributed by atoms with van der Waals surface area (Å²) in [6.07, 6.45) is 1.35. The molecule has 0 aliphatic carbocycles. The first-order chi connectivity index (χ1) is 8.63. The number of hydrogen-bond donors (Lipinski definition) is 0. The van der Waals surface area contributed by atoms with E-state index in [9.17, 15) is 14.5 Å². The molecule has 2 aromatic rings. The number of aryl methyl sites for hydroxylation is 1. The van der Waals surface area contributed by atoms with E-state index in [1.165, 1.54) is 4.68 Å². The molecule has 1 heterocycles. The number of nitrogens with zero attached hydrogens (tertiary/aromatic N) is 5. The Bertz CT molecular complexity index is 583. The van der Waals surface area contributed by atoms with Gasteiger partial charge in [0.25, 0.3) is 5.69 Å². The van der Waals surface area contributed by atoms with Gasteiger partial charge in [0.05, 0.1) is 4.92 Å². The molecule has 0 amide bonds. The van der Waals surface area contributed by atoms with E-state index in [1.54, 1.807) is 0 Å². The average Bonchev–Trinajstić information content (AvgIpc) is 2.78. The van der Waals surface area contributed by atoms with E-state index < -0.39 is 10.7 Å². The fourth-order valence-corrected chi connectivity index (χ4v) is 1.55. The summed E-state index contributed by atoms with van der Waals surface area (Å²) < 4.78 is 14.9. The topological polar surface area (TPSA) is 86.7 Å². The summed E-state index contributed by atoms with van der Waals surface area (Å²) in [4.78, 5) is 10.1. The smallest absolute Gasteiger partial charge is 0.258 e. The summed E-state index contributed by atoms with van der Waals surface area (Å²) in [6, 6.07) is 3.25. The molecule has 0 atom stereocenters. The van der Waals surface area contributed by atoms with Crippen molar-refractivity contribution in [1.82, 2.24) is 20.2 Å². The summed E-state index contributed by atoms with van der Waals surface area (Å²) in [6.45, 7) is 1.93. The molecule has 0 aliphatic rings. The maximum absolute atomic E-state index is 13.7. The van der Waals surface area contributed by atoms with Crippen LogP contribution in [0.3, 0.4) is 0 Å². The van der Waals surface area contributed by atoms with E-state index >= 15 is 0 Å². The van der Waals surface area contributed by atoms with Crippen molar-refractivity contribution < 1.29 is 9.31 Å². The van der Waals surface area contributed by atoms with Crippen LogP contribution in [0.4, 0.5) is 10.1 Å². The van der Waals surface area contributed by atoms with Gasteiger partial charge in [0.1, 0.15) is 11.5 Å². The van der Waals surface area contributed by atoms with Crippen LogP contribution in [0.25, 0.3) is 5.69 Å². The summed E-state index contributed by atoms with van der Waals surface area (Å²) in [5.41, 5.74) is -0.220. The predicted molar refractivity (Wildman–Crippen MR) is 59.8 cm³/mol. The summed E-state index contributed by atoms with van der Waals surface area (Å²) in [5.74, 6) is -0.137. The van der Waals surface area contributed by atoms with Crippen molar-refractivity contribution in [3.8, 4) is 5.69 Å². The molecule has 0 bridgehead atoms. The summed E-state index contributed by atoms with van der Waals surface area (Å²) >= 11 is 0. The van der Waals surface area contributed by atoms with Crippen LogP contribution < -0.4 is 0 Å². The molecule has 0 spiro atoms. The molecule has 2 rings (SSSR count). The molecule has 0 fully saturated rings. The van der Waals surface area contributed by atoms with Gasteiger partial charge in [-0.25, -0.2) is 4.39 Å². The second-order valence-electron chi connectivity index (χ2n) is 3.65. The van der Waals surface area contributed by atoms with Crippen LogP contribution >= 0.6 is 0 Å². The number of non-ortho nitro benzene ring substituents is 1. The van der Waals surface area contributed by atoms with Gasteiger partial charge in [0, 0.05) is 18.6 Å². The van der Waals surface area contributed by atoms with E-state index in [-0.39, 0.29) is 11.4 Å². The first kappa shape index (κ1) is 12.1. The highest BCUT2D eigenvalue weighted by atomic mass is 19.1. The van der Waals surface area contributed by atoms with Gasteiger partial charge in [0.15, 0.2) is 5.82 Å². The van der Waals surface area contributed by atoms with Crippen LogP contribution in [0.15, 0.2) is 18.2 Å². The Labute approximate surface area is 101 Å². The number of nitro benzene ring substituents is 1. The second-order valence-corrected chi connectivity index (χ2v) is 3.65. The molecule has 18 heavy (non-hydrogen) atoms. The average molecular weight is 251 g/mol. The molecule has 0 radical (unpaired) electrons. The zero-order chi connectivity index (χ0) is 13.1. The molecule has 0 saturated carbocycles. The Kier molecular flexibility index (Phi) is 3.26. The van der Waals surface area contributed by atoms with Crippen molar-refractivity contribution in [3.63, 3.8) is 0 Å². The molecule has 0 N–H and O–H groups in total. The summed E-state index contributed by atoms with van der Waals surface area (Å²) in [7, 11) is 0. The fraction of sp³-hybridized carbons (Fsp3) is 0.300. The molecule has 7 nitrogen and oxygen atoms in total. The minimum atomic E-state index is -0.606. The van der Waals surface area contributed by atoms with Crippen molar-refractivity contribution in [2.45, 2.75) is 19.8 Å². The van der Waals surface area contributed by atoms with E-state index in [4.69, 9.17) is 0 Å². The van der Waals surface area contributed by atoms with Gasteiger partial charge in [-0.2, -0.15) is 4.68 Å². The van der Waals surface area contributed by atoms with Crippen LogP contribution in [0.5, 0.6) is 0 Å². The monoisotopic (exact) mass is 251 g/mol. The number of benzene rings is 1. The van der Waals surface area contributed by atoms with Gasteiger partial charge < -0.3 is 0 Å². The number of halogens is 1. The quantitative estimate of drug-likeness (QED) is 0.609. The lowest BCUT2D eigenvalue weighted by Crippen LogP contribution is -2.06. The van der Waals surface area contributed by atoms with Gasteiger partial charge in [-0.15, -0.1) is 5.10 Å². The molecule has 94 valence electrons. The fourth-order valence-electron chi connectivity index (χ4n) is 1.55. The van der Waals surface area contributed by atoms with Crippen molar-refractivity contribution in [1.29, 1.82) is 0 Å². The molecule has 1 aromatic heterocycles. The van der Waals surface area contributed by atoms with Crippen molar-refractivity contribution >= 4 is 5.69 Å². The minimum Gasteiger partial charge on any atom is -0.258 e. The second kappa shape index (κ2) is 4.86. The highest BCUT2D eigenvalue weighted by Gasteiger charge is 2.16. The van der Waals surface area contributed by atoms with E-state index in [0.29, 0.717) is 12.2 Å². The van der Waals surface area contributed by atoms with Crippen LogP contribution in [0, 0.1) is 15.9 Å². The molecular formula is C10H10FN5O2. The van der Waals surface area contributed by atoms with Crippen LogP contribution in [0.1, 0.15) is 19.2 Å². The third kappa shape index (κ3) is 2.17. The lowest BCUT2D eigenvalue weighted by atomic mass is 10.2. The number of hydrogen-bond acceptors (Lipinski definition) is 5. The van der Waals surface area contributed by atoms with Crippen molar-refractivity contribution in [2.24, 2.45) is 0 Å². The molecule has 0 saturated heterocycles. The highest BCUT2D eigenvalue weighted by molar-refractivity contribution is 5.44. The molecular weight excluding hydrogens is 241 g/mol. The Balaban J connectivity index is 2.52. The molecule has 0 unspecified atom stereocenters. The van der Waals surface area contributed by atoms with Gasteiger partial charge in [-0.3, -0.25) is 10.1 Å². The normalized spacial score (nSPS) is 10.6. The lowest BCUT2D eigenvalue weighted by Gasteiger charge is -2.04. The third-order valence-electron chi connectivity index (χ3n) is 2.38. The number of tetrazole rings is 1.